The van der Waals surface area contributed by atoms with Crippen LogP contribution in [-0.2, 0) is 4.74 Å². The number of rotatable bonds is 4. The van der Waals surface area contributed by atoms with Crippen LogP contribution in [0.3, 0.4) is 0 Å². The average Bonchev–Trinajstić information content (AvgIpc) is 2.79. The number of methoxy groups -OCH3 is 1. The van der Waals surface area contributed by atoms with Crippen LogP contribution in [0, 0.1) is 0 Å². The minimum Gasteiger partial charge on any atom is -0.507 e. The smallest absolute Gasteiger partial charge is 0.274 e. The molecule has 2 N–H and O–H groups in total. The van der Waals surface area contributed by atoms with Crippen LogP contribution in [0.4, 0.5) is 0 Å². The van der Waals surface area contributed by atoms with Gasteiger partial charge in [0.2, 0.25) is 0 Å². The van der Waals surface area contributed by atoms with Gasteiger partial charge in [0.1, 0.15) is 17.2 Å². The molecule has 1 aliphatic heterocycles. The Hall–Kier alpha value is -3.65. The number of aliphatic hydroxyl groups excluding tert-OH is 1. The van der Waals surface area contributed by atoms with Crippen molar-refractivity contribution in [1.82, 2.24) is 14.9 Å². The number of hydrogen-bond acceptors (Lipinski definition) is 6. The Balaban J connectivity index is 1.65. The van der Waals surface area contributed by atoms with Gasteiger partial charge in [-0.15, -0.1) is 0 Å². The van der Waals surface area contributed by atoms with E-state index in [4.69, 9.17) is 9.47 Å². The number of H-pyrrole nitrogens is 1. The number of nitrogens with one attached hydrogen (secondary N) is 1. The van der Waals surface area contributed by atoms with Crippen molar-refractivity contribution in [1.29, 1.82) is 0 Å². The lowest BCUT2D eigenvalue weighted by Crippen LogP contribution is -2.40. The zero-order chi connectivity index (χ0) is 21.1. The molecule has 1 amide bonds. The van der Waals surface area contributed by atoms with Crippen molar-refractivity contribution in [3.8, 4) is 5.75 Å². The summed E-state index contributed by atoms with van der Waals surface area (Å²) in [6.45, 7) is 2.12. The van der Waals surface area contributed by atoms with E-state index in [1.54, 1.807) is 47.4 Å². The summed E-state index contributed by atoms with van der Waals surface area (Å²) < 4.78 is 10.4. The molecule has 8 nitrogen and oxygen atoms in total. The Labute approximate surface area is 172 Å². The number of aromatic nitrogens is 2. The molecular formula is C22H21N3O5. The van der Waals surface area contributed by atoms with Crippen molar-refractivity contribution in [2.24, 2.45) is 0 Å². The van der Waals surface area contributed by atoms with Crippen LogP contribution in [0.5, 0.6) is 5.75 Å². The van der Waals surface area contributed by atoms with Crippen LogP contribution in [0.1, 0.15) is 21.6 Å². The summed E-state index contributed by atoms with van der Waals surface area (Å²) in [6, 6.07) is 11.8. The molecule has 0 bridgehead atoms. The van der Waals surface area contributed by atoms with Gasteiger partial charge < -0.3 is 24.5 Å². The third-order valence-corrected chi connectivity index (χ3v) is 4.90. The zero-order valence-corrected chi connectivity index (χ0v) is 16.4. The Morgan fingerprint density at radius 1 is 1.20 bits per heavy atom. The first-order chi connectivity index (χ1) is 14.5. The second kappa shape index (κ2) is 8.38. The Morgan fingerprint density at radius 2 is 2.00 bits per heavy atom. The van der Waals surface area contributed by atoms with Crippen LogP contribution in [0.2, 0.25) is 0 Å². The van der Waals surface area contributed by atoms with Crippen LogP contribution < -0.4 is 10.3 Å². The van der Waals surface area contributed by atoms with Gasteiger partial charge in [0.05, 0.1) is 31.4 Å². The summed E-state index contributed by atoms with van der Waals surface area (Å²) >= 11 is 0. The van der Waals surface area contributed by atoms with Crippen LogP contribution in [0.15, 0.2) is 47.3 Å². The standard InChI is InChI=1S/C22H21N3O5/c1-29-16-4-2-3-14(11-16)20(26)13-19-21(27)24-18-12-15(5-6-17(18)23-19)22(28)25-7-9-30-10-8-25/h2-6,11-13,26H,7-10H2,1H3,(H,24,27)/b20-13-. The fourth-order valence-electron chi connectivity index (χ4n) is 3.28. The molecule has 0 radical (unpaired) electrons. The van der Waals surface area contributed by atoms with Crippen molar-refractivity contribution in [3.63, 3.8) is 0 Å². The first kappa shape index (κ1) is 19.7. The van der Waals surface area contributed by atoms with E-state index in [1.165, 1.54) is 13.2 Å². The summed E-state index contributed by atoms with van der Waals surface area (Å²) in [5.41, 5.74) is 1.55. The van der Waals surface area contributed by atoms with E-state index in [0.29, 0.717) is 54.2 Å². The minimum atomic E-state index is -0.465. The van der Waals surface area contributed by atoms with Crippen molar-refractivity contribution < 1.29 is 19.4 Å². The normalized spacial score (nSPS) is 14.7. The molecule has 0 unspecified atom stereocenters. The highest BCUT2D eigenvalue weighted by molar-refractivity contribution is 5.97. The molecule has 154 valence electrons. The lowest BCUT2D eigenvalue weighted by atomic mass is 10.1. The molecule has 3 aromatic rings. The number of benzene rings is 2. The lowest BCUT2D eigenvalue weighted by molar-refractivity contribution is 0.0303. The number of aliphatic hydroxyl groups is 1. The van der Waals surface area contributed by atoms with Gasteiger partial charge >= 0.3 is 0 Å². The number of aromatic amines is 1. The predicted molar refractivity (Wildman–Crippen MR) is 113 cm³/mol. The van der Waals surface area contributed by atoms with E-state index < -0.39 is 5.56 Å². The number of hydrogen-bond donors (Lipinski definition) is 2. The van der Waals surface area contributed by atoms with E-state index >= 15 is 0 Å². The van der Waals surface area contributed by atoms with Crippen molar-refractivity contribution >= 4 is 28.8 Å². The highest BCUT2D eigenvalue weighted by Crippen LogP contribution is 2.20. The van der Waals surface area contributed by atoms with Gasteiger partial charge in [-0.3, -0.25) is 9.59 Å². The molecule has 8 heteroatoms. The summed E-state index contributed by atoms with van der Waals surface area (Å²) in [5, 5.41) is 10.4. The van der Waals surface area contributed by atoms with Crippen molar-refractivity contribution in [2.45, 2.75) is 0 Å². The third-order valence-electron chi connectivity index (χ3n) is 4.90. The Bertz CT molecular complexity index is 1180. The molecule has 0 saturated carbocycles. The van der Waals surface area contributed by atoms with Gasteiger partial charge in [-0.05, 0) is 30.3 Å². The molecule has 1 saturated heterocycles. The minimum absolute atomic E-state index is 0.0649. The molecule has 1 fully saturated rings. The fraction of sp³-hybridized carbons (Fsp3) is 0.227. The second-order valence-corrected chi connectivity index (χ2v) is 6.85. The molecule has 0 aliphatic carbocycles. The van der Waals surface area contributed by atoms with Gasteiger partial charge in [0.15, 0.2) is 0 Å². The average molecular weight is 407 g/mol. The SMILES string of the molecule is COc1cccc(/C(O)=C/c2nc3ccc(C(=O)N4CCOCC4)cc3[nH]c2=O)c1. The first-order valence-corrected chi connectivity index (χ1v) is 9.51. The maximum atomic E-state index is 12.7. The highest BCUT2D eigenvalue weighted by Gasteiger charge is 2.19. The van der Waals surface area contributed by atoms with E-state index in [1.807, 2.05) is 0 Å². The van der Waals surface area contributed by atoms with Crippen LogP contribution in [-0.4, -0.2) is 59.3 Å². The monoisotopic (exact) mass is 407 g/mol. The molecule has 30 heavy (non-hydrogen) atoms. The maximum absolute atomic E-state index is 12.7. The first-order valence-electron chi connectivity index (χ1n) is 9.51. The molecule has 1 aliphatic rings. The maximum Gasteiger partial charge on any atom is 0.274 e. The lowest BCUT2D eigenvalue weighted by Gasteiger charge is -2.26. The van der Waals surface area contributed by atoms with Gasteiger partial charge in [-0.2, -0.15) is 0 Å². The van der Waals surface area contributed by atoms with Crippen molar-refractivity contribution in [3.05, 3.63) is 69.6 Å². The van der Waals surface area contributed by atoms with Gasteiger partial charge in [0.25, 0.3) is 11.5 Å². The predicted octanol–water partition coefficient (Wildman–Crippen LogP) is 2.46. The molecule has 2 heterocycles. The number of carbonyl (C=O) groups excluding carboxylic acids is 1. The van der Waals surface area contributed by atoms with Crippen LogP contribution in [0.25, 0.3) is 22.9 Å². The Kier molecular flexibility index (Phi) is 5.49. The number of nitrogens with zero attached hydrogens (tertiary/aromatic N) is 2. The molecule has 1 aromatic heterocycles. The molecule has 2 aromatic carbocycles. The summed E-state index contributed by atoms with van der Waals surface area (Å²) in [5.74, 6) is 0.372. The van der Waals surface area contributed by atoms with Gasteiger partial charge in [0, 0.05) is 30.3 Å². The summed E-state index contributed by atoms with van der Waals surface area (Å²) in [6.07, 6.45) is 1.31. The highest BCUT2D eigenvalue weighted by atomic mass is 16.5. The number of carbonyl (C=O) groups is 1. The fourth-order valence-corrected chi connectivity index (χ4v) is 3.28. The van der Waals surface area contributed by atoms with Gasteiger partial charge in [-0.1, -0.05) is 12.1 Å². The second-order valence-electron chi connectivity index (χ2n) is 6.85. The Morgan fingerprint density at radius 3 is 2.77 bits per heavy atom. The summed E-state index contributed by atoms with van der Waals surface area (Å²) in [7, 11) is 1.54. The number of ether oxygens (including phenoxy) is 2. The molecule has 0 atom stereocenters. The number of morpholine rings is 1. The quantitative estimate of drug-likeness (QED) is 0.644. The number of fused-ring (bicyclic) bond motifs is 1. The molecular weight excluding hydrogens is 386 g/mol. The van der Waals surface area contributed by atoms with E-state index in [2.05, 4.69) is 9.97 Å². The van der Waals surface area contributed by atoms with Gasteiger partial charge in [-0.25, -0.2) is 4.98 Å². The zero-order valence-electron chi connectivity index (χ0n) is 16.4. The van der Waals surface area contributed by atoms with E-state index in [0.717, 1.165) is 0 Å². The molecule has 4 rings (SSSR count). The summed E-state index contributed by atoms with van der Waals surface area (Å²) in [4.78, 5) is 34.0. The molecule has 0 spiro atoms. The topological polar surface area (TPSA) is 105 Å². The van der Waals surface area contributed by atoms with E-state index in [-0.39, 0.29) is 17.4 Å². The van der Waals surface area contributed by atoms with Crippen molar-refractivity contribution in [2.75, 3.05) is 33.4 Å². The largest absolute Gasteiger partial charge is 0.507 e. The van der Waals surface area contributed by atoms with E-state index in [9.17, 15) is 14.7 Å². The number of amides is 1. The van der Waals surface area contributed by atoms with Crippen LogP contribution >= 0.6 is 0 Å². The third kappa shape index (κ3) is 4.04.